The monoisotopic (exact) mass is 896 g/mol. The maximum Gasteiger partial charge on any atom is 0.262 e. The van der Waals surface area contributed by atoms with Crippen LogP contribution in [0.2, 0.25) is 0 Å². The van der Waals surface area contributed by atoms with Crippen LogP contribution < -0.4 is 46.1 Å². The summed E-state index contributed by atoms with van der Waals surface area (Å²) < 4.78 is 35.2. The van der Waals surface area contributed by atoms with Crippen molar-refractivity contribution in [1.29, 1.82) is 0 Å². The minimum atomic E-state index is -4.17. The molecule has 0 radical (unpaired) electrons. The molecule has 0 unspecified atom stereocenters. The van der Waals surface area contributed by atoms with Gasteiger partial charge in [-0.15, -0.1) is 0 Å². The number of para-hydroxylation sites is 6. The van der Waals surface area contributed by atoms with Gasteiger partial charge in [0, 0.05) is 34.7 Å². The number of hydrogen-bond acceptors (Lipinski definition) is 10. The second-order valence-corrected chi connectivity index (χ2v) is 17.3. The largest absolute Gasteiger partial charge is 0.483 e. The summed E-state index contributed by atoms with van der Waals surface area (Å²) in [6.07, 6.45) is 4.94. The first-order valence-corrected chi connectivity index (χ1v) is 22.2. The van der Waals surface area contributed by atoms with Gasteiger partial charge in [-0.05, 0) is 72.8 Å². The molecule has 9 rings (SSSR count). The minimum absolute atomic E-state index is 0. The van der Waals surface area contributed by atoms with E-state index >= 15 is 4.57 Å². The van der Waals surface area contributed by atoms with Gasteiger partial charge in [0.2, 0.25) is 0 Å². The van der Waals surface area contributed by atoms with Gasteiger partial charge in [-0.2, -0.15) is 0 Å². The number of aromatic nitrogens is 3. The molecule has 328 valence electrons. The highest BCUT2D eigenvalue weighted by atomic mass is 31.2. The normalized spacial score (nSPS) is 11.0. The Hall–Kier alpha value is -8.45. The summed E-state index contributed by atoms with van der Waals surface area (Å²) in [5, 5.41) is 11.8. The number of amides is 3. The molecule has 0 fully saturated rings. The first-order chi connectivity index (χ1) is 31.8. The number of carbonyl (C=O) groups excluding carboxylic acids is 3. The van der Waals surface area contributed by atoms with Crippen molar-refractivity contribution in [2.24, 2.45) is 0 Å². The molecule has 0 bridgehead atoms. The molecule has 3 heterocycles. The molecule has 9 aromatic rings. The highest BCUT2D eigenvalue weighted by molar-refractivity contribution is 7.85. The van der Waals surface area contributed by atoms with Crippen LogP contribution in [-0.2, 0) is 18.9 Å². The fourth-order valence-corrected chi connectivity index (χ4v) is 10.5. The molecule has 0 aliphatic carbocycles. The summed E-state index contributed by atoms with van der Waals surface area (Å²) in [6.45, 7) is -1.32. The van der Waals surface area contributed by atoms with Crippen LogP contribution in [0.25, 0.3) is 32.7 Å². The van der Waals surface area contributed by atoms with E-state index in [2.05, 4.69) is 30.9 Å². The van der Waals surface area contributed by atoms with Crippen molar-refractivity contribution in [3.63, 3.8) is 0 Å². The lowest BCUT2D eigenvalue weighted by Gasteiger charge is -2.26. The molecule has 6 aromatic carbocycles. The fraction of sp³-hybridized carbons (Fsp3) is 0.0588. The summed E-state index contributed by atoms with van der Waals surface area (Å²) >= 11 is 0. The number of rotatable bonds is 15. The molecule has 14 nitrogen and oxygen atoms in total. The fourth-order valence-electron chi connectivity index (χ4n) is 7.51. The van der Waals surface area contributed by atoms with Gasteiger partial charge in [0.1, 0.15) is 17.2 Å². The van der Waals surface area contributed by atoms with E-state index < -0.39 is 44.7 Å². The highest BCUT2D eigenvalue weighted by Gasteiger charge is 2.38. The van der Waals surface area contributed by atoms with E-state index in [1.165, 1.54) is 0 Å². The molecule has 15 heteroatoms. The third-order valence-electron chi connectivity index (χ3n) is 10.4. The summed E-state index contributed by atoms with van der Waals surface area (Å²) in [5.74, 6) is -0.975. The Kier molecular flexibility index (Phi) is 13.3. The van der Waals surface area contributed by atoms with Gasteiger partial charge >= 0.3 is 0 Å². The summed E-state index contributed by atoms with van der Waals surface area (Å²) in [7, 11) is -4.17. The first kappa shape index (κ1) is 44.2. The number of nitrogens with zero attached hydrogens (tertiary/aromatic N) is 3. The molecular formula is C51H41N6O8P. The van der Waals surface area contributed by atoms with Crippen molar-refractivity contribution in [3.05, 3.63) is 182 Å². The second-order valence-electron chi connectivity index (χ2n) is 14.7. The van der Waals surface area contributed by atoms with Gasteiger partial charge in [-0.1, -0.05) is 91.0 Å². The van der Waals surface area contributed by atoms with Crippen LogP contribution in [0.15, 0.2) is 182 Å². The number of fused-ring (bicyclic) bond motifs is 3. The number of nitrogens with one attached hydrogen (secondary N) is 3. The van der Waals surface area contributed by atoms with Gasteiger partial charge in [0.05, 0.1) is 49.5 Å². The van der Waals surface area contributed by atoms with E-state index in [0.29, 0.717) is 33.6 Å². The lowest BCUT2D eigenvalue weighted by Crippen LogP contribution is -2.31. The van der Waals surface area contributed by atoms with Gasteiger partial charge in [0.25, 0.3) is 17.7 Å². The molecular weight excluding hydrogens is 856 g/mol. The third kappa shape index (κ3) is 9.41. The predicted octanol–water partition coefficient (Wildman–Crippen LogP) is 7.20. The van der Waals surface area contributed by atoms with E-state index in [0.717, 1.165) is 16.2 Å². The number of carbonyl (C=O) groups is 3. The Morgan fingerprint density at radius 1 is 0.394 bits per heavy atom. The van der Waals surface area contributed by atoms with E-state index in [4.69, 9.17) is 14.2 Å². The van der Waals surface area contributed by atoms with Crippen LogP contribution in [-0.4, -0.2) is 58.0 Å². The number of anilines is 3. The number of hydrogen-bond donors (Lipinski definition) is 3. The maximum absolute atomic E-state index is 16.6. The Morgan fingerprint density at radius 3 is 1.00 bits per heavy atom. The predicted molar refractivity (Wildman–Crippen MR) is 257 cm³/mol. The Bertz CT molecular complexity index is 2930. The zero-order chi connectivity index (χ0) is 44.6. The van der Waals surface area contributed by atoms with E-state index in [1.54, 1.807) is 110 Å². The lowest BCUT2D eigenvalue weighted by atomic mass is 10.2. The van der Waals surface area contributed by atoms with Crippen LogP contribution in [0.4, 0.5) is 17.1 Å². The standard InChI is InChI=1S/C51H39N6O7P.H2O/c58-46(55-37-19-7-13-34-16-10-28-52-49(34)37)31-62-40-22-1-4-25-43(40)65(61,44-26-5-2-23-41(44)63-32-47(59)56-38-20-8-14-35-17-11-29-53-50(35)38)45-27-6-3-24-42(45)64-33-48(60)57-39-21-9-15-36-18-12-30-54-51(36)39;/h1-30H,31-33H2,(H,55,58)(H,56,59)(H,57,60);1H2. The molecule has 0 aliphatic heterocycles. The minimum Gasteiger partial charge on any atom is -0.483 e. The van der Waals surface area contributed by atoms with Gasteiger partial charge in [-0.25, -0.2) is 0 Å². The molecule has 3 aromatic heterocycles. The topological polar surface area (TPSA) is 202 Å². The summed E-state index contributed by atoms with van der Waals surface area (Å²) in [5.41, 5.74) is 3.38. The first-order valence-electron chi connectivity index (χ1n) is 20.5. The van der Waals surface area contributed by atoms with Crippen molar-refractivity contribution < 1.29 is 38.6 Å². The van der Waals surface area contributed by atoms with Gasteiger partial charge < -0.3 is 40.2 Å². The molecule has 3 amide bonds. The SMILES string of the molecule is O.O=C(COc1ccccc1P(=O)(c1ccccc1OCC(=O)Nc1cccc2cccnc12)c1ccccc1OCC(=O)Nc1cccc2cccnc12)Nc1cccc2cccnc12. The van der Waals surface area contributed by atoms with Crippen LogP contribution in [0.3, 0.4) is 0 Å². The zero-order valence-electron chi connectivity index (χ0n) is 35.1. The summed E-state index contributed by atoms with van der Waals surface area (Å²) in [6, 6.07) is 47.6. The highest BCUT2D eigenvalue weighted by Crippen LogP contribution is 2.49. The second kappa shape index (κ2) is 19.9. The Labute approximate surface area is 378 Å². The van der Waals surface area contributed by atoms with E-state index in [-0.39, 0.29) is 38.6 Å². The molecule has 0 saturated heterocycles. The lowest BCUT2D eigenvalue weighted by molar-refractivity contribution is -0.118. The van der Waals surface area contributed by atoms with Gasteiger partial charge in [-0.3, -0.25) is 29.3 Å². The maximum atomic E-state index is 16.6. The van der Waals surface area contributed by atoms with Crippen molar-refractivity contribution in [3.8, 4) is 17.2 Å². The van der Waals surface area contributed by atoms with Crippen LogP contribution in [0, 0.1) is 0 Å². The van der Waals surface area contributed by atoms with Crippen LogP contribution in [0.1, 0.15) is 0 Å². The molecule has 5 N–H and O–H groups in total. The molecule has 0 aliphatic rings. The average Bonchev–Trinajstić information content (AvgIpc) is 3.35. The summed E-state index contributed by atoms with van der Waals surface area (Å²) in [4.78, 5) is 53.7. The molecule has 66 heavy (non-hydrogen) atoms. The zero-order valence-corrected chi connectivity index (χ0v) is 36.0. The van der Waals surface area contributed by atoms with E-state index in [1.807, 2.05) is 72.8 Å². The van der Waals surface area contributed by atoms with Crippen LogP contribution in [0.5, 0.6) is 17.2 Å². The van der Waals surface area contributed by atoms with Crippen molar-refractivity contribution in [1.82, 2.24) is 15.0 Å². The van der Waals surface area contributed by atoms with Crippen LogP contribution >= 0.6 is 7.14 Å². The third-order valence-corrected chi connectivity index (χ3v) is 13.6. The van der Waals surface area contributed by atoms with Crippen molar-refractivity contribution >= 4 is 90.5 Å². The average molecular weight is 897 g/mol. The van der Waals surface area contributed by atoms with E-state index in [9.17, 15) is 14.4 Å². The Balaban J connectivity index is 0.00000592. The van der Waals surface area contributed by atoms with Crippen molar-refractivity contribution in [2.75, 3.05) is 35.8 Å². The molecule has 0 spiro atoms. The molecule has 0 saturated carbocycles. The number of benzene rings is 6. The quantitative estimate of drug-likeness (QED) is 0.0884. The molecule has 0 atom stereocenters. The number of ether oxygens (including phenoxy) is 3. The number of pyridine rings is 3. The smallest absolute Gasteiger partial charge is 0.262 e. The Morgan fingerprint density at radius 2 is 0.682 bits per heavy atom. The van der Waals surface area contributed by atoms with Gasteiger partial charge in [0.15, 0.2) is 27.0 Å². The van der Waals surface area contributed by atoms with Crippen molar-refractivity contribution in [2.45, 2.75) is 0 Å².